The van der Waals surface area contributed by atoms with E-state index in [0.717, 1.165) is 6.42 Å². The highest BCUT2D eigenvalue weighted by atomic mass is 16.8. The van der Waals surface area contributed by atoms with Crippen molar-refractivity contribution in [1.82, 2.24) is 5.23 Å². The van der Waals surface area contributed by atoms with Crippen LogP contribution >= 0.6 is 0 Å². The van der Waals surface area contributed by atoms with Gasteiger partial charge in [0.25, 0.3) is 0 Å². The fraction of sp³-hybridized carbons (Fsp3) is 0.455. The van der Waals surface area contributed by atoms with Crippen molar-refractivity contribution in [3.63, 3.8) is 0 Å². The molecule has 0 unspecified atom stereocenters. The van der Waals surface area contributed by atoms with E-state index in [2.05, 4.69) is 29.5 Å². The first-order chi connectivity index (χ1) is 7.86. The number of benzene rings is 1. The molecule has 16 heavy (non-hydrogen) atoms. The Morgan fingerprint density at radius 1 is 1.19 bits per heavy atom. The summed E-state index contributed by atoms with van der Waals surface area (Å²) in [4.78, 5) is 0. The van der Waals surface area contributed by atoms with Crippen molar-refractivity contribution in [1.29, 1.82) is 0 Å². The van der Waals surface area contributed by atoms with Gasteiger partial charge in [0.1, 0.15) is 0 Å². The molecule has 84 valence electrons. The predicted molar refractivity (Wildman–Crippen MR) is 58.6 cm³/mol. The fourth-order valence-corrected chi connectivity index (χ4v) is 3.00. The Bertz CT molecular complexity index is 433. The second-order valence-electron chi connectivity index (χ2n) is 4.61. The lowest BCUT2D eigenvalue weighted by atomic mass is 9.97. The standard InChI is InChI=1S/C11H13BNO3/c1-2-4-9-8(3-1)7-10-11(9)13-12(16-10)14-5-6-15-12/h1-4,10-11,13H,5-7H2/q-1/t10-,11+/m1/s1. The van der Waals surface area contributed by atoms with Gasteiger partial charge in [-0.3, -0.25) is 0 Å². The maximum Gasteiger partial charge on any atom is 0.462 e. The summed E-state index contributed by atoms with van der Waals surface area (Å²) in [6, 6.07) is 8.68. The van der Waals surface area contributed by atoms with Crippen LogP contribution in [0.1, 0.15) is 17.2 Å². The third-order valence-electron chi connectivity index (χ3n) is 3.68. The molecule has 1 aromatic carbocycles. The minimum absolute atomic E-state index is 0.162. The van der Waals surface area contributed by atoms with Crippen LogP contribution in [0.3, 0.4) is 0 Å². The van der Waals surface area contributed by atoms with E-state index in [1.165, 1.54) is 11.1 Å². The van der Waals surface area contributed by atoms with Gasteiger partial charge < -0.3 is 19.2 Å². The zero-order chi connectivity index (χ0) is 10.6. The van der Waals surface area contributed by atoms with Gasteiger partial charge in [-0.1, -0.05) is 24.3 Å². The second kappa shape index (κ2) is 3.08. The van der Waals surface area contributed by atoms with E-state index in [0.29, 0.717) is 13.2 Å². The van der Waals surface area contributed by atoms with E-state index in [1.54, 1.807) is 0 Å². The van der Waals surface area contributed by atoms with Crippen molar-refractivity contribution >= 4 is 6.89 Å². The van der Waals surface area contributed by atoms with Crippen molar-refractivity contribution < 1.29 is 14.0 Å². The lowest BCUT2D eigenvalue weighted by Gasteiger charge is -2.30. The molecule has 4 rings (SSSR count). The molecule has 1 N–H and O–H groups in total. The van der Waals surface area contributed by atoms with Gasteiger partial charge >= 0.3 is 6.89 Å². The molecule has 2 saturated heterocycles. The van der Waals surface area contributed by atoms with Crippen molar-refractivity contribution in [2.75, 3.05) is 13.2 Å². The molecule has 0 aromatic heterocycles. The summed E-state index contributed by atoms with van der Waals surface area (Å²) in [6.07, 6.45) is 1.11. The van der Waals surface area contributed by atoms with Gasteiger partial charge in [0.15, 0.2) is 0 Å². The maximum absolute atomic E-state index is 5.92. The lowest BCUT2D eigenvalue weighted by Crippen LogP contribution is -2.50. The summed E-state index contributed by atoms with van der Waals surface area (Å²) in [5.74, 6) is 0. The monoisotopic (exact) mass is 218 g/mol. The van der Waals surface area contributed by atoms with Crippen molar-refractivity contribution in [2.24, 2.45) is 0 Å². The average molecular weight is 218 g/mol. The van der Waals surface area contributed by atoms with Crippen molar-refractivity contribution in [3.05, 3.63) is 35.4 Å². The summed E-state index contributed by atoms with van der Waals surface area (Å²) in [5.41, 5.74) is 2.69. The lowest BCUT2D eigenvalue weighted by molar-refractivity contribution is 0.120. The van der Waals surface area contributed by atoms with E-state index in [4.69, 9.17) is 14.0 Å². The van der Waals surface area contributed by atoms with E-state index >= 15 is 0 Å². The number of hydrogen-bond donors (Lipinski definition) is 1. The Morgan fingerprint density at radius 2 is 2.00 bits per heavy atom. The highest BCUT2D eigenvalue weighted by molar-refractivity contribution is 6.59. The van der Waals surface area contributed by atoms with Crippen molar-refractivity contribution in [2.45, 2.75) is 18.6 Å². The van der Waals surface area contributed by atoms with Gasteiger partial charge in [-0.25, -0.2) is 0 Å². The first-order valence-electron chi connectivity index (χ1n) is 5.81. The Labute approximate surface area is 93.9 Å². The van der Waals surface area contributed by atoms with Crippen LogP contribution in [0.25, 0.3) is 0 Å². The molecule has 0 saturated carbocycles. The van der Waals surface area contributed by atoms with Crippen LogP contribution in [0.15, 0.2) is 24.3 Å². The maximum atomic E-state index is 5.92. The smallest absolute Gasteiger partial charge is 0.462 e. The van der Waals surface area contributed by atoms with Crippen LogP contribution < -0.4 is 5.23 Å². The Morgan fingerprint density at radius 3 is 2.88 bits per heavy atom. The normalized spacial score (nSPS) is 34.2. The Kier molecular flexibility index (Phi) is 1.77. The third kappa shape index (κ3) is 1.14. The number of fused-ring (bicyclic) bond motifs is 3. The molecule has 1 spiro atoms. The molecule has 3 aliphatic rings. The molecular weight excluding hydrogens is 205 g/mol. The van der Waals surface area contributed by atoms with E-state index in [-0.39, 0.29) is 12.1 Å². The van der Waals surface area contributed by atoms with E-state index in [9.17, 15) is 0 Å². The van der Waals surface area contributed by atoms with Gasteiger partial charge in [0.05, 0.1) is 0 Å². The van der Waals surface area contributed by atoms with Gasteiger partial charge in [-0.2, -0.15) is 0 Å². The van der Waals surface area contributed by atoms with E-state index < -0.39 is 6.89 Å². The zero-order valence-corrected chi connectivity index (χ0v) is 8.89. The fourth-order valence-electron chi connectivity index (χ4n) is 3.00. The topological polar surface area (TPSA) is 39.7 Å². The molecule has 2 fully saturated rings. The minimum Gasteiger partial charge on any atom is -0.528 e. The largest absolute Gasteiger partial charge is 0.528 e. The quantitative estimate of drug-likeness (QED) is 0.652. The van der Waals surface area contributed by atoms with Gasteiger partial charge in [0, 0.05) is 25.4 Å². The van der Waals surface area contributed by atoms with Crippen LogP contribution in [-0.2, 0) is 20.4 Å². The molecule has 1 aromatic rings. The minimum atomic E-state index is -1.65. The molecule has 0 bridgehead atoms. The average Bonchev–Trinajstić information content (AvgIpc) is 2.95. The number of rotatable bonds is 0. The summed E-state index contributed by atoms with van der Waals surface area (Å²) in [5, 5.41) is 3.38. The van der Waals surface area contributed by atoms with Gasteiger partial charge in [-0.15, -0.1) is 0 Å². The Balaban J connectivity index is 1.69. The first-order valence-corrected chi connectivity index (χ1v) is 5.81. The molecule has 4 nitrogen and oxygen atoms in total. The summed E-state index contributed by atoms with van der Waals surface area (Å²) < 4.78 is 17.0. The van der Waals surface area contributed by atoms with Crippen molar-refractivity contribution in [3.8, 4) is 0 Å². The Hall–Kier alpha value is -0.875. The molecule has 0 amide bonds. The van der Waals surface area contributed by atoms with Gasteiger partial charge in [0.2, 0.25) is 0 Å². The molecular formula is C11H13BNO3-. The number of nitrogens with one attached hydrogen (secondary N) is 1. The third-order valence-corrected chi connectivity index (χ3v) is 3.68. The second-order valence-corrected chi connectivity index (χ2v) is 4.61. The molecule has 0 radical (unpaired) electrons. The molecule has 1 aliphatic carbocycles. The summed E-state index contributed by atoms with van der Waals surface area (Å²) >= 11 is 0. The van der Waals surface area contributed by atoms with Crippen LogP contribution in [0, 0.1) is 0 Å². The van der Waals surface area contributed by atoms with E-state index in [1.807, 2.05) is 0 Å². The SMILES string of the molecule is c1ccc2c(c1)C[C@H]1O[B-]3(N[C@@H]21)OCCO3. The molecule has 5 heteroatoms. The molecule has 2 aliphatic heterocycles. The summed E-state index contributed by atoms with van der Waals surface area (Å²) in [6.45, 7) is -0.412. The molecule has 2 heterocycles. The first kappa shape index (κ1) is 9.19. The van der Waals surface area contributed by atoms with Crippen LogP contribution in [0.5, 0.6) is 0 Å². The zero-order valence-electron chi connectivity index (χ0n) is 8.89. The van der Waals surface area contributed by atoms with Crippen LogP contribution in [0.4, 0.5) is 0 Å². The molecule has 2 atom stereocenters. The van der Waals surface area contributed by atoms with Crippen LogP contribution in [0.2, 0.25) is 0 Å². The van der Waals surface area contributed by atoms with Gasteiger partial charge in [-0.05, 0) is 17.5 Å². The van der Waals surface area contributed by atoms with Crippen LogP contribution in [-0.4, -0.2) is 26.2 Å². The highest BCUT2D eigenvalue weighted by Crippen LogP contribution is 2.40. The summed E-state index contributed by atoms with van der Waals surface area (Å²) in [7, 11) is 0. The highest BCUT2D eigenvalue weighted by Gasteiger charge is 2.49. The number of hydrogen-bond acceptors (Lipinski definition) is 4. The predicted octanol–water partition coefficient (Wildman–Crippen LogP) is 0.755.